The lowest BCUT2D eigenvalue weighted by Crippen LogP contribution is -2.53. The van der Waals surface area contributed by atoms with Crippen molar-refractivity contribution in [3.05, 3.63) is 0 Å². The molecule has 1 unspecified atom stereocenters. The molecular formula is C11H25N3O. The molecule has 0 saturated heterocycles. The maximum Gasteiger partial charge on any atom is 0.237 e. The largest absolute Gasteiger partial charge is 0.368 e. The Kier molecular flexibility index (Phi) is 5.83. The summed E-state index contributed by atoms with van der Waals surface area (Å²) in [6, 6.07) is 0. The molecule has 0 saturated carbocycles. The van der Waals surface area contributed by atoms with E-state index in [1.807, 2.05) is 6.92 Å². The van der Waals surface area contributed by atoms with Crippen LogP contribution in [0.4, 0.5) is 0 Å². The number of rotatable bonds is 7. The van der Waals surface area contributed by atoms with E-state index >= 15 is 0 Å². The van der Waals surface area contributed by atoms with E-state index in [1.54, 1.807) is 7.05 Å². The second kappa shape index (κ2) is 6.08. The Hall–Kier alpha value is -0.610. The number of primary amides is 1. The summed E-state index contributed by atoms with van der Waals surface area (Å²) in [5, 5.41) is 2.99. The molecule has 0 aromatic heterocycles. The minimum Gasteiger partial charge on any atom is -0.368 e. The highest BCUT2D eigenvalue weighted by molar-refractivity contribution is 5.84. The summed E-state index contributed by atoms with van der Waals surface area (Å²) >= 11 is 0. The van der Waals surface area contributed by atoms with Crippen molar-refractivity contribution < 1.29 is 4.79 Å². The van der Waals surface area contributed by atoms with Gasteiger partial charge in [-0.15, -0.1) is 0 Å². The van der Waals surface area contributed by atoms with Crippen LogP contribution in [0.1, 0.15) is 27.2 Å². The van der Waals surface area contributed by atoms with Crippen molar-refractivity contribution in [2.24, 2.45) is 11.7 Å². The zero-order chi connectivity index (χ0) is 12.1. The first-order valence-electron chi connectivity index (χ1n) is 5.49. The van der Waals surface area contributed by atoms with E-state index in [1.165, 1.54) is 0 Å². The summed E-state index contributed by atoms with van der Waals surface area (Å²) in [7, 11) is 3.84. The molecule has 90 valence electrons. The Morgan fingerprint density at radius 3 is 2.40 bits per heavy atom. The van der Waals surface area contributed by atoms with Crippen LogP contribution in [0.15, 0.2) is 0 Å². The minimum atomic E-state index is -0.592. The van der Waals surface area contributed by atoms with Crippen LogP contribution in [0.3, 0.4) is 0 Å². The van der Waals surface area contributed by atoms with Crippen molar-refractivity contribution in [3.63, 3.8) is 0 Å². The first-order valence-corrected chi connectivity index (χ1v) is 5.49. The number of likely N-dealkylation sites (N-methyl/N-ethyl adjacent to an activating group) is 1. The van der Waals surface area contributed by atoms with Gasteiger partial charge in [0.2, 0.25) is 5.91 Å². The fraction of sp³-hybridized carbons (Fsp3) is 0.909. The highest BCUT2D eigenvalue weighted by Gasteiger charge is 2.28. The molecule has 0 aliphatic carbocycles. The SMILES string of the molecule is CNC(C)(CCN(C)CC(C)C)C(N)=O. The van der Waals surface area contributed by atoms with Gasteiger partial charge in [0.1, 0.15) is 0 Å². The lowest BCUT2D eigenvalue weighted by molar-refractivity contribution is -0.124. The maximum absolute atomic E-state index is 11.2. The van der Waals surface area contributed by atoms with Gasteiger partial charge in [-0.1, -0.05) is 13.8 Å². The molecule has 0 heterocycles. The normalized spacial score (nSPS) is 15.7. The Morgan fingerprint density at radius 2 is 2.07 bits per heavy atom. The number of carbonyl (C=O) groups excluding carboxylic acids is 1. The van der Waals surface area contributed by atoms with Gasteiger partial charge in [-0.2, -0.15) is 0 Å². The zero-order valence-corrected chi connectivity index (χ0v) is 10.6. The molecular weight excluding hydrogens is 190 g/mol. The van der Waals surface area contributed by atoms with Crippen molar-refractivity contribution in [2.45, 2.75) is 32.7 Å². The van der Waals surface area contributed by atoms with Crippen molar-refractivity contribution in [1.82, 2.24) is 10.2 Å². The summed E-state index contributed by atoms with van der Waals surface area (Å²) < 4.78 is 0. The molecule has 0 radical (unpaired) electrons. The number of nitrogens with zero attached hydrogens (tertiary/aromatic N) is 1. The molecule has 0 fully saturated rings. The van der Waals surface area contributed by atoms with Gasteiger partial charge >= 0.3 is 0 Å². The molecule has 3 N–H and O–H groups in total. The smallest absolute Gasteiger partial charge is 0.237 e. The zero-order valence-electron chi connectivity index (χ0n) is 10.6. The van der Waals surface area contributed by atoms with Gasteiger partial charge in [-0.25, -0.2) is 0 Å². The fourth-order valence-corrected chi connectivity index (χ4v) is 1.50. The standard InChI is InChI=1S/C11H25N3O/c1-9(2)8-14(5)7-6-11(3,13-4)10(12)15/h9,13H,6-8H2,1-5H3,(H2,12,15). The first-order chi connectivity index (χ1) is 6.81. The van der Waals surface area contributed by atoms with Crippen LogP contribution in [0.5, 0.6) is 0 Å². The van der Waals surface area contributed by atoms with Crippen LogP contribution in [0.2, 0.25) is 0 Å². The van der Waals surface area contributed by atoms with E-state index in [2.05, 4.69) is 31.1 Å². The van der Waals surface area contributed by atoms with Gasteiger partial charge in [0, 0.05) is 13.1 Å². The highest BCUT2D eigenvalue weighted by atomic mass is 16.1. The Labute approximate surface area is 93.2 Å². The molecule has 0 aromatic rings. The second-order valence-electron chi connectivity index (χ2n) is 4.85. The molecule has 0 spiro atoms. The van der Waals surface area contributed by atoms with E-state index in [4.69, 9.17) is 5.73 Å². The predicted octanol–water partition coefficient (Wildman–Crippen LogP) is 0.428. The monoisotopic (exact) mass is 215 g/mol. The van der Waals surface area contributed by atoms with Crippen molar-refractivity contribution in [1.29, 1.82) is 0 Å². The topological polar surface area (TPSA) is 58.4 Å². The van der Waals surface area contributed by atoms with E-state index in [0.717, 1.165) is 19.5 Å². The van der Waals surface area contributed by atoms with E-state index in [9.17, 15) is 4.79 Å². The number of nitrogens with two attached hydrogens (primary N) is 1. The quantitative estimate of drug-likeness (QED) is 0.647. The molecule has 0 bridgehead atoms. The molecule has 0 aliphatic heterocycles. The number of amides is 1. The van der Waals surface area contributed by atoms with Gasteiger partial charge < -0.3 is 16.0 Å². The van der Waals surface area contributed by atoms with Crippen LogP contribution >= 0.6 is 0 Å². The fourth-order valence-electron chi connectivity index (χ4n) is 1.50. The molecule has 0 aliphatic rings. The first kappa shape index (κ1) is 14.4. The highest BCUT2D eigenvalue weighted by Crippen LogP contribution is 2.09. The number of carbonyl (C=O) groups is 1. The second-order valence-corrected chi connectivity index (χ2v) is 4.85. The van der Waals surface area contributed by atoms with Gasteiger partial charge in [0.25, 0.3) is 0 Å². The Morgan fingerprint density at radius 1 is 1.53 bits per heavy atom. The maximum atomic E-state index is 11.2. The van der Waals surface area contributed by atoms with Gasteiger partial charge in [0.15, 0.2) is 0 Å². The molecule has 15 heavy (non-hydrogen) atoms. The summed E-state index contributed by atoms with van der Waals surface area (Å²) in [6.07, 6.45) is 0.738. The average Bonchev–Trinajstić information content (AvgIpc) is 2.12. The van der Waals surface area contributed by atoms with E-state index in [-0.39, 0.29) is 5.91 Å². The van der Waals surface area contributed by atoms with Crippen LogP contribution in [0.25, 0.3) is 0 Å². The third-order valence-electron chi connectivity index (χ3n) is 2.77. The van der Waals surface area contributed by atoms with Crippen molar-refractivity contribution in [2.75, 3.05) is 27.2 Å². The van der Waals surface area contributed by atoms with Crippen LogP contribution in [0, 0.1) is 5.92 Å². The lowest BCUT2D eigenvalue weighted by Gasteiger charge is -2.28. The molecule has 0 aromatic carbocycles. The van der Waals surface area contributed by atoms with Crippen LogP contribution in [-0.4, -0.2) is 43.5 Å². The third kappa shape index (κ3) is 5.14. The Bertz CT molecular complexity index is 206. The number of hydrogen-bond donors (Lipinski definition) is 2. The summed E-state index contributed by atoms with van der Waals surface area (Å²) in [5.41, 5.74) is 4.76. The summed E-state index contributed by atoms with van der Waals surface area (Å²) in [4.78, 5) is 13.5. The van der Waals surface area contributed by atoms with Gasteiger partial charge in [0.05, 0.1) is 5.54 Å². The molecule has 4 heteroatoms. The summed E-state index contributed by atoms with van der Waals surface area (Å²) in [5.74, 6) is 0.354. The summed E-state index contributed by atoms with van der Waals surface area (Å²) in [6.45, 7) is 8.12. The van der Waals surface area contributed by atoms with E-state index < -0.39 is 5.54 Å². The van der Waals surface area contributed by atoms with Gasteiger partial charge in [-0.05, 0) is 33.4 Å². The molecule has 1 amide bonds. The van der Waals surface area contributed by atoms with E-state index in [0.29, 0.717) is 5.92 Å². The molecule has 0 rings (SSSR count). The third-order valence-corrected chi connectivity index (χ3v) is 2.77. The molecule has 1 atom stereocenters. The van der Waals surface area contributed by atoms with Gasteiger partial charge in [-0.3, -0.25) is 4.79 Å². The Balaban J connectivity index is 4.06. The molecule has 4 nitrogen and oxygen atoms in total. The minimum absolute atomic E-state index is 0.289. The predicted molar refractivity (Wildman–Crippen MR) is 63.6 cm³/mol. The number of nitrogens with one attached hydrogen (secondary N) is 1. The average molecular weight is 215 g/mol. The lowest BCUT2D eigenvalue weighted by atomic mass is 9.97. The number of hydrogen-bond acceptors (Lipinski definition) is 3. The van der Waals surface area contributed by atoms with Crippen LogP contribution < -0.4 is 11.1 Å². The van der Waals surface area contributed by atoms with Crippen molar-refractivity contribution >= 4 is 5.91 Å². The van der Waals surface area contributed by atoms with Crippen molar-refractivity contribution in [3.8, 4) is 0 Å². The van der Waals surface area contributed by atoms with Crippen LogP contribution in [-0.2, 0) is 4.79 Å².